The van der Waals surface area contributed by atoms with Gasteiger partial charge < -0.3 is 9.88 Å². The molecule has 96 valence electrons. The van der Waals surface area contributed by atoms with E-state index in [2.05, 4.69) is 10.3 Å². The van der Waals surface area contributed by atoms with Gasteiger partial charge in [0.2, 0.25) is 0 Å². The first kappa shape index (κ1) is 14.0. The van der Waals surface area contributed by atoms with Gasteiger partial charge in [-0.3, -0.25) is 4.79 Å². The maximum Gasteiger partial charge on any atom is 0.256 e. The van der Waals surface area contributed by atoms with Gasteiger partial charge in [0, 0.05) is 18.8 Å². The summed E-state index contributed by atoms with van der Waals surface area (Å²) in [5.41, 5.74) is 1.71. The number of carbonyl (C=O) groups is 1. The first-order valence-corrected chi connectivity index (χ1v) is 6.01. The molecule has 0 aliphatic heterocycles. The lowest BCUT2D eigenvalue weighted by atomic mass is 10.1. The van der Waals surface area contributed by atoms with E-state index >= 15 is 0 Å². The molecule has 2 rings (SSSR count). The van der Waals surface area contributed by atoms with Crippen LogP contribution in [0.15, 0.2) is 36.8 Å². The predicted octanol–water partition coefficient (Wildman–Crippen LogP) is 3.01. The van der Waals surface area contributed by atoms with E-state index in [4.69, 9.17) is 0 Å². The SMILES string of the molecule is CC.Cc1cccc(C(=O)Nc2cn(C)cn2)c1. The smallest absolute Gasteiger partial charge is 0.256 e. The Kier molecular flexibility index (Phi) is 5.11. The zero-order valence-electron chi connectivity index (χ0n) is 11.3. The first-order chi connectivity index (χ1) is 8.65. The van der Waals surface area contributed by atoms with Crippen LogP contribution in [-0.4, -0.2) is 15.5 Å². The summed E-state index contributed by atoms with van der Waals surface area (Å²) in [5.74, 6) is 0.427. The van der Waals surface area contributed by atoms with Crippen LogP contribution in [0, 0.1) is 6.92 Å². The molecule has 1 N–H and O–H groups in total. The molecule has 1 heterocycles. The van der Waals surface area contributed by atoms with Crippen molar-refractivity contribution >= 4 is 11.7 Å². The molecule has 0 spiro atoms. The molecule has 1 aromatic carbocycles. The average molecular weight is 245 g/mol. The summed E-state index contributed by atoms with van der Waals surface area (Å²) in [6, 6.07) is 7.45. The molecule has 0 fully saturated rings. The minimum Gasteiger partial charge on any atom is -0.338 e. The Morgan fingerprint density at radius 3 is 2.61 bits per heavy atom. The standard InChI is InChI=1S/C12H13N3O.C2H6/c1-9-4-3-5-10(6-9)12(16)14-11-7-15(2)8-13-11;1-2/h3-8H,1-2H3,(H,14,16);1-2H3. The van der Waals surface area contributed by atoms with E-state index < -0.39 is 0 Å². The number of carbonyl (C=O) groups excluding carboxylic acids is 1. The van der Waals surface area contributed by atoms with Crippen LogP contribution in [0.25, 0.3) is 0 Å². The predicted molar refractivity (Wildman–Crippen MR) is 73.7 cm³/mol. The van der Waals surface area contributed by atoms with Crippen molar-refractivity contribution in [1.82, 2.24) is 9.55 Å². The number of anilines is 1. The molecule has 1 aromatic heterocycles. The Balaban J connectivity index is 0.000000771. The van der Waals surface area contributed by atoms with Crippen LogP contribution in [0.5, 0.6) is 0 Å². The van der Waals surface area contributed by atoms with Crippen LogP contribution in [0.3, 0.4) is 0 Å². The van der Waals surface area contributed by atoms with Gasteiger partial charge in [0.15, 0.2) is 5.82 Å². The molecule has 0 aliphatic carbocycles. The van der Waals surface area contributed by atoms with Crippen LogP contribution in [-0.2, 0) is 7.05 Å². The second-order valence-electron chi connectivity index (χ2n) is 3.75. The fraction of sp³-hybridized carbons (Fsp3) is 0.286. The summed E-state index contributed by atoms with van der Waals surface area (Å²) < 4.78 is 1.78. The number of hydrogen-bond acceptors (Lipinski definition) is 2. The summed E-state index contributed by atoms with van der Waals surface area (Å²) >= 11 is 0. The number of benzene rings is 1. The minimum atomic E-state index is -0.137. The highest BCUT2D eigenvalue weighted by molar-refractivity contribution is 6.03. The van der Waals surface area contributed by atoms with Crippen molar-refractivity contribution < 1.29 is 4.79 Å². The lowest BCUT2D eigenvalue weighted by Gasteiger charge is -2.02. The summed E-state index contributed by atoms with van der Waals surface area (Å²) in [6.45, 7) is 5.96. The number of nitrogens with one attached hydrogen (secondary N) is 1. The van der Waals surface area contributed by atoms with Gasteiger partial charge in [-0.25, -0.2) is 4.98 Å². The molecule has 4 nitrogen and oxygen atoms in total. The third kappa shape index (κ3) is 3.73. The van der Waals surface area contributed by atoms with Crippen LogP contribution in [0.1, 0.15) is 29.8 Å². The third-order valence-corrected chi connectivity index (χ3v) is 2.23. The summed E-state index contributed by atoms with van der Waals surface area (Å²) in [7, 11) is 1.86. The largest absolute Gasteiger partial charge is 0.338 e. The summed E-state index contributed by atoms with van der Waals surface area (Å²) in [6.07, 6.45) is 3.40. The van der Waals surface area contributed by atoms with E-state index in [-0.39, 0.29) is 5.91 Å². The van der Waals surface area contributed by atoms with E-state index in [0.717, 1.165) is 5.56 Å². The van der Waals surface area contributed by atoms with E-state index in [9.17, 15) is 4.79 Å². The fourth-order valence-electron chi connectivity index (χ4n) is 1.45. The van der Waals surface area contributed by atoms with Crippen molar-refractivity contribution in [2.45, 2.75) is 20.8 Å². The van der Waals surface area contributed by atoms with Gasteiger partial charge in [-0.1, -0.05) is 31.5 Å². The molecule has 0 saturated carbocycles. The second kappa shape index (κ2) is 6.59. The van der Waals surface area contributed by atoms with Crippen molar-refractivity contribution in [1.29, 1.82) is 0 Å². The Hall–Kier alpha value is -2.10. The van der Waals surface area contributed by atoms with Gasteiger partial charge in [0.1, 0.15) is 0 Å². The topological polar surface area (TPSA) is 46.9 Å². The minimum absolute atomic E-state index is 0.137. The van der Waals surface area contributed by atoms with Gasteiger partial charge >= 0.3 is 0 Å². The lowest BCUT2D eigenvalue weighted by molar-refractivity contribution is 0.102. The van der Waals surface area contributed by atoms with Gasteiger partial charge in [-0.2, -0.15) is 0 Å². The molecule has 0 radical (unpaired) electrons. The maximum atomic E-state index is 11.8. The quantitative estimate of drug-likeness (QED) is 0.884. The number of aryl methyl sites for hydroxylation is 2. The molecule has 4 heteroatoms. The molecule has 0 unspecified atom stereocenters. The summed E-state index contributed by atoms with van der Waals surface area (Å²) in [5, 5.41) is 2.74. The zero-order chi connectivity index (χ0) is 13.5. The molecule has 2 aromatic rings. The van der Waals surface area contributed by atoms with E-state index in [0.29, 0.717) is 11.4 Å². The molecule has 18 heavy (non-hydrogen) atoms. The molecule has 0 saturated heterocycles. The van der Waals surface area contributed by atoms with Crippen LogP contribution in [0.4, 0.5) is 5.82 Å². The highest BCUT2D eigenvalue weighted by Crippen LogP contribution is 2.07. The number of aromatic nitrogens is 2. The Morgan fingerprint density at radius 1 is 1.33 bits per heavy atom. The molecule has 0 bridgehead atoms. The fourth-order valence-corrected chi connectivity index (χ4v) is 1.45. The van der Waals surface area contributed by atoms with E-state index in [1.54, 1.807) is 23.2 Å². The molecule has 1 amide bonds. The number of hydrogen-bond donors (Lipinski definition) is 1. The number of imidazole rings is 1. The molecule has 0 aliphatic rings. The van der Waals surface area contributed by atoms with Crippen LogP contribution in [0.2, 0.25) is 0 Å². The first-order valence-electron chi connectivity index (χ1n) is 6.01. The van der Waals surface area contributed by atoms with Crippen molar-refractivity contribution in [3.63, 3.8) is 0 Å². The van der Waals surface area contributed by atoms with Crippen molar-refractivity contribution in [3.05, 3.63) is 47.9 Å². The van der Waals surface area contributed by atoms with Gasteiger partial charge in [0.25, 0.3) is 5.91 Å². The number of rotatable bonds is 2. The van der Waals surface area contributed by atoms with Crippen molar-refractivity contribution in [3.8, 4) is 0 Å². The van der Waals surface area contributed by atoms with E-state index in [1.165, 1.54) is 0 Å². The van der Waals surface area contributed by atoms with Crippen molar-refractivity contribution in [2.75, 3.05) is 5.32 Å². The van der Waals surface area contributed by atoms with E-state index in [1.807, 2.05) is 46.0 Å². The highest BCUT2D eigenvalue weighted by Gasteiger charge is 2.06. The van der Waals surface area contributed by atoms with Crippen LogP contribution >= 0.6 is 0 Å². The second-order valence-corrected chi connectivity index (χ2v) is 3.75. The lowest BCUT2D eigenvalue weighted by Crippen LogP contribution is -2.12. The molecular weight excluding hydrogens is 226 g/mol. The zero-order valence-corrected chi connectivity index (χ0v) is 11.3. The van der Waals surface area contributed by atoms with Crippen LogP contribution < -0.4 is 5.32 Å². The Morgan fingerprint density at radius 2 is 2.06 bits per heavy atom. The number of nitrogens with zero attached hydrogens (tertiary/aromatic N) is 2. The average Bonchev–Trinajstić information content (AvgIpc) is 2.77. The molecular formula is C14H19N3O. The van der Waals surface area contributed by atoms with Gasteiger partial charge in [0.05, 0.1) is 6.33 Å². The van der Waals surface area contributed by atoms with Crippen molar-refractivity contribution in [2.24, 2.45) is 7.05 Å². The van der Waals surface area contributed by atoms with Gasteiger partial charge in [-0.05, 0) is 19.1 Å². The Labute approximate surface area is 108 Å². The Bertz CT molecular complexity index is 517. The normalized spacial score (nSPS) is 9.33. The summed E-state index contributed by atoms with van der Waals surface area (Å²) in [4.78, 5) is 15.8. The number of amides is 1. The molecule has 0 atom stereocenters. The van der Waals surface area contributed by atoms with Gasteiger partial charge in [-0.15, -0.1) is 0 Å². The third-order valence-electron chi connectivity index (χ3n) is 2.23. The maximum absolute atomic E-state index is 11.8. The monoisotopic (exact) mass is 245 g/mol. The highest BCUT2D eigenvalue weighted by atomic mass is 16.1.